The van der Waals surface area contributed by atoms with Gasteiger partial charge in [-0.3, -0.25) is 9.59 Å². The van der Waals surface area contributed by atoms with Crippen LogP contribution in [0.25, 0.3) is 10.4 Å². The molecule has 220 valence electrons. The van der Waals surface area contributed by atoms with Crippen LogP contribution in [0.15, 0.2) is 60.0 Å². The summed E-state index contributed by atoms with van der Waals surface area (Å²) in [7, 11) is 2.22. The highest BCUT2D eigenvalue weighted by Crippen LogP contribution is 2.49. The van der Waals surface area contributed by atoms with Gasteiger partial charge in [-0.15, -0.1) is 22.7 Å². The molecular weight excluding hydrogens is 569 g/mol. The molecule has 2 atom stereocenters. The molecule has 8 rings (SSSR count). The van der Waals surface area contributed by atoms with Gasteiger partial charge >= 0.3 is 0 Å². The normalized spacial score (nSPS) is 23.2. The number of carbonyl (C=O) groups excluding carboxylic acids is 2. The number of hydrogen-bond acceptors (Lipinski definition) is 6. The first-order valence-corrected chi connectivity index (χ1v) is 17.6. The molecule has 0 saturated carbocycles. The van der Waals surface area contributed by atoms with E-state index in [1.807, 2.05) is 0 Å². The van der Waals surface area contributed by atoms with Gasteiger partial charge in [-0.05, 0) is 133 Å². The Labute approximate surface area is 262 Å². The van der Waals surface area contributed by atoms with Crippen molar-refractivity contribution in [1.82, 2.24) is 10.2 Å². The minimum absolute atomic E-state index is 0.245. The molecular formula is C37H38N2O2S2. The number of carbonyl (C=O) groups is 2. The molecule has 2 aromatic carbocycles. The van der Waals surface area contributed by atoms with Gasteiger partial charge in [-0.1, -0.05) is 36.4 Å². The monoisotopic (exact) mass is 606 g/mol. The first-order chi connectivity index (χ1) is 21.0. The third-order valence-corrected chi connectivity index (χ3v) is 12.8. The van der Waals surface area contributed by atoms with Crippen LogP contribution in [0.4, 0.5) is 0 Å². The fourth-order valence-electron chi connectivity index (χ4n) is 8.40. The quantitative estimate of drug-likeness (QED) is 0.262. The van der Waals surface area contributed by atoms with Crippen LogP contribution in [0.1, 0.15) is 90.2 Å². The molecule has 2 aliphatic carbocycles. The molecule has 0 bridgehead atoms. The zero-order valence-corrected chi connectivity index (χ0v) is 26.4. The highest BCUT2D eigenvalue weighted by atomic mass is 32.1. The molecule has 2 aromatic heterocycles. The van der Waals surface area contributed by atoms with Gasteiger partial charge in [0.15, 0.2) is 11.6 Å². The van der Waals surface area contributed by atoms with E-state index in [0.29, 0.717) is 24.7 Å². The van der Waals surface area contributed by atoms with Crippen molar-refractivity contribution in [1.29, 1.82) is 0 Å². The van der Waals surface area contributed by atoms with E-state index in [4.69, 9.17) is 0 Å². The lowest BCUT2D eigenvalue weighted by Crippen LogP contribution is -2.33. The summed E-state index contributed by atoms with van der Waals surface area (Å²) in [4.78, 5) is 32.8. The van der Waals surface area contributed by atoms with Crippen LogP contribution in [0.2, 0.25) is 0 Å². The Morgan fingerprint density at radius 1 is 0.721 bits per heavy atom. The van der Waals surface area contributed by atoms with Gasteiger partial charge in [0.25, 0.3) is 0 Å². The lowest BCUT2D eigenvalue weighted by Gasteiger charge is -2.35. The number of piperidine rings is 2. The smallest absolute Gasteiger partial charge is 0.177 e. The van der Waals surface area contributed by atoms with Crippen molar-refractivity contribution in [2.24, 2.45) is 11.8 Å². The third-order valence-electron chi connectivity index (χ3n) is 10.6. The van der Waals surface area contributed by atoms with Gasteiger partial charge in [0.2, 0.25) is 0 Å². The number of fused-ring (bicyclic) bond motifs is 4. The van der Waals surface area contributed by atoms with Crippen molar-refractivity contribution in [3.05, 3.63) is 103 Å². The zero-order valence-electron chi connectivity index (χ0n) is 24.7. The van der Waals surface area contributed by atoms with Crippen molar-refractivity contribution in [2.75, 3.05) is 33.2 Å². The lowest BCUT2D eigenvalue weighted by atomic mass is 9.75. The number of thiophene rings is 2. The molecule has 0 spiro atoms. The van der Waals surface area contributed by atoms with Gasteiger partial charge in [-0.25, -0.2) is 0 Å². The molecule has 2 fully saturated rings. The van der Waals surface area contributed by atoms with E-state index in [1.54, 1.807) is 22.7 Å². The van der Waals surface area contributed by atoms with Crippen LogP contribution in [0.5, 0.6) is 0 Å². The van der Waals surface area contributed by atoms with E-state index in [0.717, 1.165) is 72.1 Å². The Kier molecular flexibility index (Phi) is 7.22. The summed E-state index contributed by atoms with van der Waals surface area (Å²) in [6.45, 7) is 4.29. The molecule has 4 aromatic rings. The fraction of sp³-hybridized carbons (Fsp3) is 0.405. The predicted molar refractivity (Wildman–Crippen MR) is 176 cm³/mol. The minimum atomic E-state index is 0.245. The standard InChI is InChI=1S/C37H38N2O2S2/c1-39-15-10-23(11-16-39)35-27-5-3-2-4-24(27)19-32(41)37-30(35)21-33(43-37)25-6-7-28-26(18-25)20-31(40)36-29(12-17-42-36)34(28)22-8-13-38-14-9-22/h2-7,12,17-18,21-23,34-35,38H,8-11,13-16,19-20H2,1H3. The Hall–Kier alpha value is -2.90. The number of rotatable bonds is 3. The summed E-state index contributed by atoms with van der Waals surface area (Å²) in [6, 6.07) is 20.1. The molecule has 6 heteroatoms. The van der Waals surface area contributed by atoms with Crippen LogP contribution in [0, 0.1) is 11.8 Å². The number of hydrogen-bond donors (Lipinski definition) is 1. The molecule has 0 radical (unpaired) electrons. The van der Waals surface area contributed by atoms with E-state index >= 15 is 0 Å². The van der Waals surface area contributed by atoms with Crippen LogP contribution in [-0.4, -0.2) is 49.7 Å². The van der Waals surface area contributed by atoms with E-state index in [2.05, 4.69) is 77.2 Å². The van der Waals surface area contributed by atoms with E-state index in [1.165, 1.54) is 33.4 Å². The second-order valence-electron chi connectivity index (χ2n) is 13.1. The Morgan fingerprint density at radius 2 is 1.42 bits per heavy atom. The molecule has 2 unspecified atom stereocenters. The van der Waals surface area contributed by atoms with Gasteiger partial charge in [0.05, 0.1) is 9.75 Å². The lowest BCUT2D eigenvalue weighted by molar-refractivity contribution is 0.0988. The van der Waals surface area contributed by atoms with Crippen LogP contribution in [0.3, 0.4) is 0 Å². The molecule has 4 nitrogen and oxygen atoms in total. The SMILES string of the molecule is CN1CCC(C2c3ccccc3CC(=O)c3sc(-c4ccc5c(c4)CC(=O)c4sccc4C5C4CCNCC4)cc32)CC1. The largest absolute Gasteiger partial charge is 0.317 e. The second kappa shape index (κ2) is 11.2. The van der Waals surface area contributed by atoms with Crippen LogP contribution >= 0.6 is 22.7 Å². The molecule has 43 heavy (non-hydrogen) atoms. The summed E-state index contributed by atoms with van der Waals surface area (Å²) >= 11 is 3.28. The number of Topliss-reactive ketones (excluding diaryl/α,β-unsaturated/α-hetero) is 2. The zero-order chi connectivity index (χ0) is 29.1. The number of nitrogens with zero attached hydrogens (tertiary/aromatic N) is 1. The van der Waals surface area contributed by atoms with Crippen molar-refractivity contribution >= 4 is 34.2 Å². The van der Waals surface area contributed by atoms with E-state index < -0.39 is 0 Å². The van der Waals surface area contributed by atoms with Gasteiger partial charge in [0.1, 0.15) is 0 Å². The molecule has 1 N–H and O–H groups in total. The molecule has 2 aliphatic heterocycles. The minimum Gasteiger partial charge on any atom is -0.317 e. The predicted octanol–water partition coefficient (Wildman–Crippen LogP) is 7.56. The highest BCUT2D eigenvalue weighted by molar-refractivity contribution is 7.17. The van der Waals surface area contributed by atoms with E-state index in [9.17, 15) is 9.59 Å². The Morgan fingerprint density at radius 3 is 2.26 bits per heavy atom. The van der Waals surface area contributed by atoms with Gasteiger partial charge < -0.3 is 10.2 Å². The molecule has 0 amide bonds. The molecule has 4 aliphatic rings. The van der Waals surface area contributed by atoms with Crippen LogP contribution in [-0.2, 0) is 12.8 Å². The second-order valence-corrected chi connectivity index (χ2v) is 15.1. The topological polar surface area (TPSA) is 49.4 Å². The fourth-order valence-corrected chi connectivity index (χ4v) is 10.4. The summed E-state index contributed by atoms with van der Waals surface area (Å²) in [5.41, 5.74) is 8.64. The van der Waals surface area contributed by atoms with Crippen molar-refractivity contribution < 1.29 is 9.59 Å². The van der Waals surface area contributed by atoms with Crippen molar-refractivity contribution in [3.63, 3.8) is 0 Å². The number of ketones is 2. The van der Waals surface area contributed by atoms with Crippen molar-refractivity contribution in [2.45, 2.75) is 50.4 Å². The maximum Gasteiger partial charge on any atom is 0.177 e. The number of nitrogens with one attached hydrogen (secondary N) is 1. The number of benzene rings is 2. The number of likely N-dealkylation sites (tertiary alicyclic amines) is 1. The average molecular weight is 607 g/mol. The van der Waals surface area contributed by atoms with Gasteiger partial charge in [0, 0.05) is 29.6 Å². The Bertz CT molecular complexity index is 1700. The average Bonchev–Trinajstić information content (AvgIpc) is 3.64. The van der Waals surface area contributed by atoms with Crippen LogP contribution < -0.4 is 5.32 Å². The first kappa shape index (κ1) is 27.6. The molecule has 4 heterocycles. The first-order valence-electron chi connectivity index (χ1n) is 15.9. The maximum atomic E-state index is 13.8. The molecule has 2 saturated heterocycles. The van der Waals surface area contributed by atoms with E-state index in [-0.39, 0.29) is 23.4 Å². The summed E-state index contributed by atoms with van der Waals surface area (Å²) in [5, 5.41) is 5.63. The highest BCUT2D eigenvalue weighted by Gasteiger charge is 2.37. The summed E-state index contributed by atoms with van der Waals surface area (Å²) < 4.78 is 0. The summed E-state index contributed by atoms with van der Waals surface area (Å²) in [5.74, 6) is 2.07. The summed E-state index contributed by atoms with van der Waals surface area (Å²) in [6.07, 6.45) is 5.50. The van der Waals surface area contributed by atoms with Crippen molar-refractivity contribution in [3.8, 4) is 10.4 Å². The third kappa shape index (κ3) is 4.87. The Balaban J connectivity index is 1.22. The maximum absolute atomic E-state index is 13.8. The van der Waals surface area contributed by atoms with Gasteiger partial charge in [-0.2, -0.15) is 0 Å².